The molecular weight excluding hydrogens is 246 g/mol. The first-order chi connectivity index (χ1) is 8.77. The second-order valence-corrected chi connectivity index (χ2v) is 4.97. The quantitative estimate of drug-likeness (QED) is 0.708. The van der Waals surface area contributed by atoms with Gasteiger partial charge in [-0.05, 0) is 17.9 Å². The van der Waals surface area contributed by atoms with Crippen molar-refractivity contribution in [2.24, 2.45) is 0 Å². The number of nitriles is 1. The summed E-state index contributed by atoms with van der Waals surface area (Å²) in [6.45, 7) is 2.86. The van der Waals surface area contributed by atoms with E-state index in [-0.39, 0.29) is 11.9 Å². The number of nitrogens with one attached hydrogen (secondary N) is 2. The Morgan fingerprint density at radius 2 is 2.44 bits per heavy atom. The maximum Gasteiger partial charge on any atom is 0.234 e. The molecule has 1 rings (SSSR count). The van der Waals surface area contributed by atoms with Crippen LogP contribution in [-0.4, -0.2) is 19.0 Å². The molecule has 5 heteroatoms. The zero-order chi connectivity index (χ0) is 13.2. The second-order valence-electron chi connectivity index (χ2n) is 4.00. The van der Waals surface area contributed by atoms with Gasteiger partial charge in [-0.15, -0.1) is 11.3 Å². The molecule has 1 amide bonds. The molecule has 1 unspecified atom stereocenters. The molecule has 0 aliphatic carbocycles. The molecule has 0 saturated carbocycles. The van der Waals surface area contributed by atoms with E-state index in [0.717, 1.165) is 12.8 Å². The summed E-state index contributed by atoms with van der Waals surface area (Å²) >= 11 is 1.71. The van der Waals surface area contributed by atoms with Crippen LogP contribution in [0.1, 0.15) is 37.1 Å². The summed E-state index contributed by atoms with van der Waals surface area (Å²) < 4.78 is 0. The minimum atomic E-state index is -0.0529. The summed E-state index contributed by atoms with van der Waals surface area (Å²) in [7, 11) is 0. The Kier molecular flexibility index (Phi) is 7.07. The Labute approximate surface area is 112 Å². The van der Waals surface area contributed by atoms with Crippen LogP contribution in [0, 0.1) is 11.3 Å². The van der Waals surface area contributed by atoms with Crippen molar-refractivity contribution in [3.8, 4) is 6.07 Å². The van der Waals surface area contributed by atoms with E-state index in [2.05, 4.69) is 23.6 Å². The van der Waals surface area contributed by atoms with E-state index in [1.807, 2.05) is 17.5 Å². The number of hydrogen-bond acceptors (Lipinski definition) is 4. The van der Waals surface area contributed by atoms with E-state index in [0.29, 0.717) is 19.5 Å². The largest absolute Gasteiger partial charge is 0.354 e. The van der Waals surface area contributed by atoms with E-state index in [1.54, 1.807) is 11.3 Å². The van der Waals surface area contributed by atoms with Crippen LogP contribution in [0.25, 0.3) is 0 Å². The van der Waals surface area contributed by atoms with Crippen molar-refractivity contribution in [1.82, 2.24) is 10.6 Å². The summed E-state index contributed by atoms with van der Waals surface area (Å²) in [5.74, 6) is -0.0529. The molecule has 1 heterocycles. The van der Waals surface area contributed by atoms with Gasteiger partial charge in [0.25, 0.3) is 0 Å². The van der Waals surface area contributed by atoms with E-state index in [1.165, 1.54) is 4.88 Å². The molecule has 4 nitrogen and oxygen atoms in total. The van der Waals surface area contributed by atoms with E-state index in [9.17, 15) is 4.79 Å². The Morgan fingerprint density at radius 3 is 3.06 bits per heavy atom. The first kappa shape index (κ1) is 14.7. The Balaban J connectivity index is 2.34. The molecular formula is C13H19N3OS. The lowest BCUT2D eigenvalue weighted by Gasteiger charge is -2.16. The van der Waals surface area contributed by atoms with Gasteiger partial charge in [-0.1, -0.05) is 19.4 Å². The molecule has 0 spiro atoms. The van der Waals surface area contributed by atoms with Gasteiger partial charge in [0.2, 0.25) is 5.91 Å². The monoisotopic (exact) mass is 265 g/mol. The molecule has 0 aliphatic rings. The van der Waals surface area contributed by atoms with Crippen molar-refractivity contribution in [2.75, 3.05) is 13.1 Å². The van der Waals surface area contributed by atoms with Crippen LogP contribution in [0.5, 0.6) is 0 Å². The van der Waals surface area contributed by atoms with Gasteiger partial charge in [0.1, 0.15) is 0 Å². The van der Waals surface area contributed by atoms with Gasteiger partial charge in [-0.25, -0.2) is 0 Å². The lowest BCUT2D eigenvalue weighted by Crippen LogP contribution is -2.35. The Bertz CT molecular complexity index is 383. The highest BCUT2D eigenvalue weighted by Crippen LogP contribution is 2.22. The van der Waals surface area contributed by atoms with Crippen LogP contribution < -0.4 is 10.6 Å². The number of thiophene rings is 1. The molecule has 1 aromatic rings. The Hall–Kier alpha value is -1.38. The van der Waals surface area contributed by atoms with Gasteiger partial charge in [0, 0.05) is 17.5 Å². The Morgan fingerprint density at radius 1 is 1.61 bits per heavy atom. The van der Waals surface area contributed by atoms with Gasteiger partial charge < -0.3 is 10.6 Å². The predicted molar refractivity (Wildman–Crippen MR) is 73.2 cm³/mol. The molecule has 0 aromatic carbocycles. The molecule has 0 bridgehead atoms. The summed E-state index contributed by atoms with van der Waals surface area (Å²) in [6, 6.07) is 6.36. The summed E-state index contributed by atoms with van der Waals surface area (Å²) in [5, 5.41) is 16.4. The maximum absolute atomic E-state index is 11.5. The molecule has 18 heavy (non-hydrogen) atoms. The third-order valence-corrected chi connectivity index (χ3v) is 3.52. The summed E-state index contributed by atoms with van der Waals surface area (Å²) in [4.78, 5) is 12.8. The fraction of sp³-hybridized carbons (Fsp3) is 0.538. The van der Waals surface area contributed by atoms with Crippen molar-refractivity contribution in [1.29, 1.82) is 5.26 Å². The standard InChI is InChI=1S/C13H19N3OS/c1-2-5-11(12-6-3-9-18-12)16-10-13(17)15-8-4-7-14/h3,6,9,11,16H,2,4-5,8,10H2,1H3,(H,15,17). The van der Waals surface area contributed by atoms with Crippen LogP contribution in [0.2, 0.25) is 0 Å². The zero-order valence-electron chi connectivity index (χ0n) is 10.6. The SMILES string of the molecule is CCCC(NCC(=O)NCCC#N)c1cccs1. The van der Waals surface area contributed by atoms with Gasteiger partial charge in [0.05, 0.1) is 19.0 Å². The number of rotatable bonds is 8. The first-order valence-corrected chi connectivity index (χ1v) is 7.06. The molecule has 0 fully saturated rings. The van der Waals surface area contributed by atoms with Gasteiger partial charge >= 0.3 is 0 Å². The van der Waals surface area contributed by atoms with Crippen LogP contribution >= 0.6 is 11.3 Å². The topological polar surface area (TPSA) is 64.9 Å². The third kappa shape index (κ3) is 5.30. The fourth-order valence-corrected chi connectivity index (χ4v) is 2.50. The summed E-state index contributed by atoms with van der Waals surface area (Å²) in [6.07, 6.45) is 2.45. The lowest BCUT2D eigenvalue weighted by atomic mass is 10.1. The molecule has 98 valence electrons. The normalized spacial score (nSPS) is 11.8. The number of hydrogen-bond donors (Lipinski definition) is 2. The zero-order valence-corrected chi connectivity index (χ0v) is 11.4. The highest BCUT2D eigenvalue weighted by molar-refractivity contribution is 7.10. The molecule has 2 N–H and O–H groups in total. The molecule has 1 atom stereocenters. The van der Waals surface area contributed by atoms with Gasteiger partial charge in [-0.2, -0.15) is 5.26 Å². The fourth-order valence-electron chi connectivity index (χ4n) is 1.66. The minimum Gasteiger partial charge on any atom is -0.354 e. The average molecular weight is 265 g/mol. The van der Waals surface area contributed by atoms with Crippen molar-refractivity contribution in [3.05, 3.63) is 22.4 Å². The number of amides is 1. The van der Waals surface area contributed by atoms with Crippen molar-refractivity contribution in [2.45, 2.75) is 32.2 Å². The molecule has 0 radical (unpaired) electrons. The molecule has 1 aromatic heterocycles. The van der Waals surface area contributed by atoms with Gasteiger partial charge in [-0.3, -0.25) is 4.79 Å². The smallest absolute Gasteiger partial charge is 0.234 e. The van der Waals surface area contributed by atoms with E-state index < -0.39 is 0 Å². The highest BCUT2D eigenvalue weighted by atomic mass is 32.1. The number of carbonyl (C=O) groups is 1. The van der Waals surface area contributed by atoms with Crippen LogP contribution in [0.3, 0.4) is 0 Å². The second kappa shape index (κ2) is 8.67. The third-order valence-electron chi connectivity index (χ3n) is 2.53. The van der Waals surface area contributed by atoms with Crippen LogP contribution in [0.15, 0.2) is 17.5 Å². The van der Waals surface area contributed by atoms with Crippen molar-refractivity contribution >= 4 is 17.2 Å². The highest BCUT2D eigenvalue weighted by Gasteiger charge is 2.12. The molecule has 0 saturated heterocycles. The number of carbonyl (C=O) groups excluding carboxylic acids is 1. The van der Waals surface area contributed by atoms with Crippen molar-refractivity contribution < 1.29 is 4.79 Å². The first-order valence-electron chi connectivity index (χ1n) is 6.18. The predicted octanol–water partition coefficient (Wildman–Crippen LogP) is 2.21. The van der Waals surface area contributed by atoms with Gasteiger partial charge in [0.15, 0.2) is 0 Å². The minimum absolute atomic E-state index is 0.0529. The van der Waals surface area contributed by atoms with Crippen LogP contribution in [-0.2, 0) is 4.79 Å². The van der Waals surface area contributed by atoms with Crippen LogP contribution in [0.4, 0.5) is 0 Å². The number of nitrogens with zero attached hydrogens (tertiary/aromatic N) is 1. The van der Waals surface area contributed by atoms with Crippen molar-refractivity contribution in [3.63, 3.8) is 0 Å². The summed E-state index contributed by atoms with van der Waals surface area (Å²) in [5.41, 5.74) is 0. The molecule has 0 aliphatic heterocycles. The van der Waals surface area contributed by atoms with E-state index >= 15 is 0 Å². The average Bonchev–Trinajstić information content (AvgIpc) is 2.88. The lowest BCUT2D eigenvalue weighted by molar-refractivity contribution is -0.120. The maximum atomic E-state index is 11.5. The van der Waals surface area contributed by atoms with E-state index in [4.69, 9.17) is 5.26 Å².